The molecular weight excluding hydrogens is 395 g/mol. The molecule has 0 aliphatic carbocycles. The van der Waals surface area contributed by atoms with Gasteiger partial charge in [-0.25, -0.2) is 9.78 Å². The second kappa shape index (κ2) is 11.4. The number of halogens is 2. The Morgan fingerprint density at radius 1 is 1.14 bits per heavy atom. The Morgan fingerprint density at radius 3 is 2.61 bits per heavy atom. The predicted molar refractivity (Wildman–Crippen MR) is 115 cm³/mol. The van der Waals surface area contributed by atoms with Crippen molar-refractivity contribution in [2.24, 2.45) is 0 Å². The minimum Gasteiger partial charge on any atom is -0.458 e. The minimum absolute atomic E-state index is 0.101. The van der Waals surface area contributed by atoms with Crippen LogP contribution in [-0.4, -0.2) is 22.0 Å². The van der Waals surface area contributed by atoms with Gasteiger partial charge in [0.05, 0.1) is 27.6 Å². The summed E-state index contributed by atoms with van der Waals surface area (Å²) in [5, 5.41) is 0.827. The van der Waals surface area contributed by atoms with Crippen molar-refractivity contribution in [3.05, 3.63) is 45.8 Å². The van der Waals surface area contributed by atoms with Gasteiger partial charge in [0.2, 0.25) is 0 Å². The second-order valence-corrected chi connectivity index (χ2v) is 7.71. The third-order valence-electron chi connectivity index (χ3n) is 4.73. The van der Waals surface area contributed by atoms with E-state index in [0.717, 1.165) is 19.3 Å². The van der Waals surface area contributed by atoms with Crippen LogP contribution in [0.25, 0.3) is 11.3 Å². The molecule has 0 aliphatic rings. The molecule has 2 aromatic rings. The van der Waals surface area contributed by atoms with Crippen LogP contribution in [0.1, 0.15) is 75.0 Å². The van der Waals surface area contributed by atoms with Crippen LogP contribution in [0.15, 0.2) is 24.4 Å². The van der Waals surface area contributed by atoms with Crippen molar-refractivity contribution in [2.45, 2.75) is 71.8 Å². The molecule has 0 amide bonds. The highest BCUT2D eigenvalue weighted by atomic mass is 35.5. The topological polar surface area (TPSA) is 52.1 Å². The lowest BCUT2D eigenvalue weighted by atomic mass is 10.1. The fourth-order valence-corrected chi connectivity index (χ4v) is 3.41. The first-order valence-electron chi connectivity index (χ1n) is 9.96. The number of carbonyl (C=O) groups is 1. The number of esters is 1. The van der Waals surface area contributed by atoms with E-state index in [9.17, 15) is 4.79 Å². The number of hydrogen-bond donors (Lipinski definition) is 0. The molecule has 0 radical (unpaired) electrons. The van der Waals surface area contributed by atoms with E-state index in [-0.39, 0.29) is 11.8 Å². The molecule has 1 aromatic carbocycles. The first kappa shape index (κ1) is 22.6. The third-order valence-corrected chi connectivity index (χ3v) is 5.55. The standard InChI is InChI=1S/C22H28Cl2N2O2/c1-4-6-7-8-9-11-16(5-2)28-22(27)19-14-25-15(3)21(26-19)17-12-10-13-18(23)20(17)24/h10,12-14,16H,4-9,11H2,1-3H3. The zero-order valence-corrected chi connectivity index (χ0v) is 18.3. The van der Waals surface area contributed by atoms with Gasteiger partial charge >= 0.3 is 5.97 Å². The quantitative estimate of drug-likeness (QED) is 0.303. The molecule has 0 fully saturated rings. The van der Waals surface area contributed by atoms with Gasteiger partial charge in [0, 0.05) is 5.56 Å². The summed E-state index contributed by atoms with van der Waals surface area (Å²) < 4.78 is 5.68. The SMILES string of the molecule is CCCCCCCC(CC)OC(=O)c1cnc(C)c(-c2cccc(Cl)c2Cl)n1. The minimum atomic E-state index is -0.452. The molecule has 0 N–H and O–H groups in total. The predicted octanol–water partition coefficient (Wildman–Crippen LogP) is 7.05. The molecule has 6 heteroatoms. The van der Waals surface area contributed by atoms with Crippen molar-refractivity contribution in [2.75, 3.05) is 0 Å². The fraction of sp³-hybridized carbons (Fsp3) is 0.500. The van der Waals surface area contributed by atoms with Gasteiger partial charge < -0.3 is 4.74 Å². The normalized spacial score (nSPS) is 12.0. The fourth-order valence-electron chi connectivity index (χ4n) is 3.02. The summed E-state index contributed by atoms with van der Waals surface area (Å²) in [5.41, 5.74) is 2.04. The summed E-state index contributed by atoms with van der Waals surface area (Å²) in [6, 6.07) is 5.31. The van der Waals surface area contributed by atoms with Crippen LogP contribution in [0.2, 0.25) is 10.0 Å². The van der Waals surface area contributed by atoms with Crippen molar-refractivity contribution < 1.29 is 9.53 Å². The molecule has 0 aliphatic heterocycles. The van der Waals surface area contributed by atoms with E-state index in [0.29, 0.717) is 27.0 Å². The molecule has 0 saturated carbocycles. The molecule has 0 bridgehead atoms. The van der Waals surface area contributed by atoms with Crippen molar-refractivity contribution in [1.29, 1.82) is 0 Å². The lowest BCUT2D eigenvalue weighted by Gasteiger charge is -2.16. The number of carbonyl (C=O) groups excluding carboxylic acids is 1. The van der Waals surface area contributed by atoms with Gasteiger partial charge in [-0.1, -0.05) is 74.9 Å². The molecular formula is C22H28Cl2N2O2. The molecule has 4 nitrogen and oxygen atoms in total. The largest absolute Gasteiger partial charge is 0.458 e. The van der Waals surface area contributed by atoms with E-state index >= 15 is 0 Å². The van der Waals surface area contributed by atoms with Gasteiger partial charge in [-0.3, -0.25) is 4.98 Å². The number of benzene rings is 1. The van der Waals surface area contributed by atoms with E-state index in [1.54, 1.807) is 12.1 Å². The van der Waals surface area contributed by atoms with Crippen molar-refractivity contribution >= 4 is 29.2 Å². The highest BCUT2D eigenvalue weighted by Crippen LogP contribution is 2.33. The van der Waals surface area contributed by atoms with Gasteiger partial charge in [0.15, 0.2) is 5.69 Å². The van der Waals surface area contributed by atoms with Crippen LogP contribution in [0.4, 0.5) is 0 Å². The van der Waals surface area contributed by atoms with Crippen LogP contribution in [-0.2, 0) is 4.74 Å². The van der Waals surface area contributed by atoms with Crippen LogP contribution >= 0.6 is 23.2 Å². The summed E-state index contributed by atoms with van der Waals surface area (Å²) in [5.74, 6) is -0.452. The molecule has 28 heavy (non-hydrogen) atoms. The Kier molecular flexibility index (Phi) is 9.20. The van der Waals surface area contributed by atoms with Gasteiger partial charge in [-0.2, -0.15) is 0 Å². The van der Waals surface area contributed by atoms with E-state index in [4.69, 9.17) is 27.9 Å². The Balaban J connectivity index is 2.10. The van der Waals surface area contributed by atoms with Gasteiger partial charge in [-0.15, -0.1) is 0 Å². The number of unbranched alkanes of at least 4 members (excludes halogenated alkanes) is 4. The zero-order valence-electron chi connectivity index (χ0n) is 16.8. The number of rotatable bonds is 10. The molecule has 1 atom stereocenters. The molecule has 2 rings (SSSR count). The molecule has 152 valence electrons. The molecule has 1 heterocycles. The first-order chi connectivity index (χ1) is 13.5. The van der Waals surface area contributed by atoms with Crippen LogP contribution in [0.3, 0.4) is 0 Å². The van der Waals surface area contributed by atoms with E-state index in [1.807, 2.05) is 19.9 Å². The van der Waals surface area contributed by atoms with E-state index in [2.05, 4.69) is 16.9 Å². The number of hydrogen-bond acceptors (Lipinski definition) is 4. The summed E-state index contributed by atoms with van der Waals surface area (Å²) in [6.07, 6.45) is 8.95. The lowest BCUT2D eigenvalue weighted by molar-refractivity contribution is 0.0259. The monoisotopic (exact) mass is 422 g/mol. The summed E-state index contributed by atoms with van der Waals surface area (Å²) in [6.45, 7) is 6.05. The Morgan fingerprint density at radius 2 is 1.89 bits per heavy atom. The van der Waals surface area contributed by atoms with Gasteiger partial charge in [0.1, 0.15) is 6.10 Å². The average Bonchev–Trinajstić information content (AvgIpc) is 2.69. The highest BCUT2D eigenvalue weighted by Gasteiger charge is 2.19. The molecule has 1 unspecified atom stereocenters. The van der Waals surface area contributed by atoms with Gasteiger partial charge in [-0.05, 0) is 32.3 Å². The number of aryl methyl sites for hydroxylation is 1. The van der Waals surface area contributed by atoms with E-state index in [1.165, 1.54) is 31.9 Å². The van der Waals surface area contributed by atoms with Crippen LogP contribution in [0, 0.1) is 6.92 Å². The maximum atomic E-state index is 12.6. The maximum Gasteiger partial charge on any atom is 0.358 e. The molecule has 1 aromatic heterocycles. The zero-order chi connectivity index (χ0) is 20.5. The van der Waals surface area contributed by atoms with Crippen LogP contribution in [0.5, 0.6) is 0 Å². The summed E-state index contributed by atoms with van der Waals surface area (Å²) >= 11 is 12.4. The van der Waals surface area contributed by atoms with E-state index < -0.39 is 5.97 Å². The smallest absolute Gasteiger partial charge is 0.358 e. The average molecular weight is 423 g/mol. The second-order valence-electron chi connectivity index (χ2n) is 6.93. The summed E-state index contributed by atoms with van der Waals surface area (Å²) in [4.78, 5) is 21.4. The van der Waals surface area contributed by atoms with Crippen molar-refractivity contribution in [3.8, 4) is 11.3 Å². The number of ether oxygens (including phenoxy) is 1. The number of nitrogens with zero attached hydrogens (tertiary/aromatic N) is 2. The Hall–Kier alpha value is -1.65. The highest BCUT2D eigenvalue weighted by molar-refractivity contribution is 6.43. The maximum absolute atomic E-state index is 12.6. The molecule has 0 spiro atoms. The van der Waals surface area contributed by atoms with Crippen LogP contribution < -0.4 is 0 Å². The van der Waals surface area contributed by atoms with Crippen molar-refractivity contribution in [1.82, 2.24) is 9.97 Å². The van der Waals surface area contributed by atoms with Gasteiger partial charge in [0.25, 0.3) is 0 Å². The molecule has 0 saturated heterocycles. The first-order valence-corrected chi connectivity index (χ1v) is 10.7. The number of aromatic nitrogens is 2. The third kappa shape index (κ3) is 6.18. The summed E-state index contributed by atoms with van der Waals surface area (Å²) in [7, 11) is 0. The van der Waals surface area contributed by atoms with Crippen molar-refractivity contribution in [3.63, 3.8) is 0 Å². The lowest BCUT2D eigenvalue weighted by Crippen LogP contribution is -2.19. The Bertz CT molecular complexity index is 796. The Labute approximate surface area is 177 Å².